The fourth-order valence-electron chi connectivity index (χ4n) is 3.03. The van der Waals surface area contributed by atoms with Crippen LogP contribution in [0.4, 0.5) is 0 Å². The third kappa shape index (κ3) is 4.70. The Balaban J connectivity index is 1.76. The summed E-state index contributed by atoms with van der Waals surface area (Å²) in [6, 6.07) is 0. The van der Waals surface area contributed by atoms with Crippen molar-refractivity contribution in [2.45, 2.75) is 44.9 Å². The third-order valence-corrected chi connectivity index (χ3v) is 4.54. The number of amides is 2. The normalized spacial score (nSPS) is 22.2. The third-order valence-electron chi connectivity index (χ3n) is 4.54. The van der Waals surface area contributed by atoms with Crippen molar-refractivity contribution < 1.29 is 14.7 Å². The smallest absolute Gasteiger partial charge is 0.227 e. The van der Waals surface area contributed by atoms with Crippen LogP contribution in [0.3, 0.4) is 0 Å². The van der Waals surface area contributed by atoms with E-state index in [0.717, 1.165) is 58.0 Å². The molecule has 2 amide bonds. The topological polar surface area (TPSA) is 60.9 Å². The first-order valence-corrected chi connectivity index (χ1v) is 8.28. The summed E-state index contributed by atoms with van der Waals surface area (Å²) in [5.74, 6) is 0.657. The van der Waals surface area contributed by atoms with Gasteiger partial charge in [-0.15, -0.1) is 0 Å². The van der Waals surface area contributed by atoms with Crippen molar-refractivity contribution in [1.82, 2.24) is 9.80 Å². The minimum Gasteiger partial charge on any atom is -0.396 e. The van der Waals surface area contributed by atoms with E-state index < -0.39 is 0 Å². The van der Waals surface area contributed by atoms with E-state index in [2.05, 4.69) is 0 Å². The molecule has 0 bridgehead atoms. The van der Waals surface area contributed by atoms with Crippen LogP contribution in [0.25, 0.3) is 0 Å². The van der Waals surface area contributed by atoms with Gasteiger partial charge in [0, 0.05) is 39.2 Å². The summed E-state index contributed by atoms with van der Waals surface area (Å²) < 4.78 is 0. The van der Waals surface area contributed by atoms with Crippen LogP contribution in [-0.4, -0.2) is 60.0 Å². The van der Waals surface area contributed by atoms with Gasteiger partial charge in [0.2, 0.25) is 11.8 Å². The van der Waals surface area contributed by atoms with E-state index >= 15 is 0 Å². The van der Waals surface area contributed by atoms with Crippen molar-refractivity contribution in [3.8, 4) is 0 Å². The zero-order valence-corrected chi connectivity index (χ0v) is 13.1. The van der Waals surface area contributed by atoms with Gasteiger partial charge in [-0.3, -0.25) is 9.59 Å². The average Bonchev–Trinajstić information content (AvgIpc) is 3.35. The molecule has 5 heteroatoms. The Labute approximate surface area is 127 Å². The lowest BCUT2D eigenvalue weighted by Gasteiger charge is -2.34. The average molecular weight is 296 g/mol. The number of carbonyl (C=O) groups is 2. The maximum Gasteiger partial charge on any atom is 0.227 e. The van der Waals surface area contributed by atoms with Gasteiger partial charge < -0.3 is 14.9 Å². The number of aliphatic hydroxyl groups is 1. The molecular formula is C16H28N2O3. The highest BCUT2D eigenvalue weighted by Gasteiger charge is 2.37. The Morgan fingerprint density at radius 1 is 1.14 bits per heavy atom. The molecule has 1 saturated heterocycles. The maximum atomic E-state index is 12.5. The highest BCUT2D eigenvalue weighted by Crippen LogP contribution is 2.32. The molecule has 2 fully saturated rings. The molecule has 5 nitrogen and oxygen atoms in total. The first-order valence-electron chi connectivity index (χ1n) is 8.28. The minimum absolute atomic E-state index is 0.0238. The van der Waals surface area contributed by atoms with E-state index in [9.17, 15) is 9.59 Å². The standard InChI is InChI=1S/C16H28N2O3/c1-17(9-3-2-4-11-19)15(20)14-6-5-10-18(12-14)16(21)13-7-8-13/h13-14,19H,2-12H2,1H3. The maximum absolute atomic E-state index is 12.5. The quantitative estimate of drug-likeness (QED) is 0.719. The number of hydrogen-bond donors (Lipinski definition) is 1. The lowest BCUT2D eigenvalue weighted by Crippen LogP contribution is -2.46. The molecule has 1 unspecified atom stereocenters. The van der Waals surface area contributed by atoms with Gasteiger partial charge in [-0.2, -0.15) is 0 Å². The van der Waals surface area contributed by atoms with Gasteiger partial charge in [-0.05, 0) is 44.9 Å². The number of carbonyl (C=O) groups excluding carboxylic acids is 2. The van der Waals surface area contributed by atoms with E-state index in [1.54, 1.807) is 4.90 Å². The highest BCUT2D eigenvalue weighted by molar-refractivity contribution is 5.83. The lowest BCUT2D eigenvalue weighted by atomic mass is 9.96. The first kappa shape index (κ1) is 16.3. The molecule has 0 radical (unpaired) electrons. The van der Waals surface area contributed by atoms with Crippen LogP contribution in [-0.2, 0) is 9.59 Å². The van der Waals surface area contributed by atoms with Crippen molar-refractivity contribution >= 4 is 11.8 Å². The molecule has 1 aliphatic carbocycles. The summed E-state index contributed by atoms with van der Waals surface area (Å²) in [5.41, 5.74) is 0. The van der Waals surface area contributed by atoms with Crippen molar-refractivity contribution in [1.29, 1.82) is 0 Å². The number of hydrogen-bond acceptors (Lipinski definition) is 3. The molecule has 1 saturated carbocycles. The predicted molar refractivity (Wildman–Crippen MR) is 80.6 cm³/mol. The molecule has 0 spiro atoms. The second kappa shape index (κ2) is 7.78. The second-order valence-corrected chi connectivity index (χ2v) is 6.44. The van der Waals surface area contributed by atoms with Crippen molar-refractivity contribution in [3.63, 3.8) is 0 Å². The Bertz CT molecular complexity index is 369. The van der Waals surface area contributed by atoms with Crippen LogP contribution in [0.5, 0.6) is 0 Å². The van der Waals surface area contributed by atoms with E-state index in [1.807, 2.05) is 11.9 Å². The summed E-state index contributed by atoms with van der Waals surface area (Å²) in [6.07, 6.45) is 6.57. The molecule has 1 heterocycles. The van der Waals surface area contributed by atoms with Gasteiger partial charge in [0.15, 0.2) is 0 Å². The van der Waals surface area contributed by atoms with Crippen LogP contribution in [0.15, 0.2) is 0 Å². The minimum atomic E-state index is -0.0238. The summed E-state index contributed by atoms with van der Waals surface area (Å²) in [4.78, 5) is 28.3. The van der Waals surface area contributed by atoms with Crippen LogP contribution >= 0.6 is 0 Å². The Morgan fingerprint density at radius 2 is 1.90 bits per heavy atom. The second-order valence-electron chi connectivity index (χ2n) is 6.44. The van der Waals surface area contributed by atoms with Crippen LogP contribution < -0.4 is 0 Å². The molecular weight excluding hydrogens is 268 g/mol. The molecule has 0 aromatic rings. The van der Waals surface area contributed by atoms with Crippen molar-refractivity contribution in [2.24, 2.45) is 11.8 Å². The Hall–Kier alpha value is -1.10. The van der Waals surface area contributed by atoms with E-state index in [4.69, 9.17) is 5.11 Å². The molecule has 1 aliphatic heterocycles. The molecule has 21 heavy (non-hydrogen) atoms. The summed E-state index contributed by atoms with van der Waals surface area (Å²) in [7, 11) is 1.85. The van der Waals surface area contributed by atoms with Gasteiger partial charge in [0.25, 0.3) is 0 Å². The number of aliphatic hydroxyl groups excluding tert-OH is 1. The lowest BCUT2D eigenvalue weighted by molar-refractivity contribution is -0.140. The zero-order chi connectivity index (χ0) is 15.2. The Kier molecular flexibility index (Phi) is 6.03. The van der Waals surface area contributed by atoms with Gasteiger partial charge in [0.05, 0.1) is 5.92 Å². The molecule has 2 rings (SSSR count). The van der Waals surface area contributed by atoms with E-state index in [1.165, 1.54) is 0 Å². The molecule has 2 aliphatic rings. The largest absolute Gasteiger partial charge is 0.396 e. The highest BCUT2D eigenvalue weighted by atomic mass is 16.3. The fraction of sp³-hybridized carbons (Fsp3) is 0.875. The van der Waals surface area contributed by atoms with E-state index in [0.29, 0.717) is 6.54 Å². The summed E-state index contributed by atoms with van der Waals surface area (Å²) >= 11 is 0. The van der Waals surface area contributed by atoms with Gasteiger partial charge in [-0.25, -0.2) is 0 Å². The van der Waals surface area contributed by atoms with Crippen molar-refractivity contribution in [3.05, 3.63) is 0 Å². The van der Waals surface area contributed by atoms with E-state index in [-0.39, 0.29) is 30.3 Å². The molecule has 120 valence electrons. The summed E-state index contributed by atoms with van der Waals surface area (Å²) in [5, 5.41) is 8.76. The van der Waals surface area contributed by atoms with Crippen LogP contribution in [0, 0.1) is 11.8 Å². The first-order chi connectivity index (χ1) is 10.1. The molecule has 1 N–H and O–H groups in total. The molecule has 1 atom stereocenters. The van der Waals surface area contributed by atoms with Crippen molar-refractivity contribution in [2.75, 3.05) is 33.3 Å². The van der Waals surface area contributed by atoms with Gasteiger partial charge in [-0.1, -0.05) is 0 Å². The number of rotatable bonds is 7. The summed E-state index contributed by atoms with van der Waals surface area (Å²) in [6.45, 7) is 2.39. The fourth-order valence-corrected chi connectivity index (χ4v) is 3.03. The molecule has 0 aromatic carbocycles. The van der Waals surface area contributed by atoms with Gasteiger partial charge >= 0.3 is 0 Å². The predicted octanol–water partition coefficient (Wildman–Crippen LogP) is 1.26. The number of unbranched alkanes of at least 4 members (excludes halogenated alkanes) is 2. The number of nitrogens with zero attached hydrogens (tertiary/aromatic N) is 2. The van der Waals surface area contributed by atoms with Crippen LogP contribution in [0.2, 0.25) is 0 Å². The Morgan fingerprint density at radius 3 is 2.57 bits per heavy atom. The number of likely N-dealkylation sites (tertiary alicyclic amines) is 1. The van der Waals surface area contributed by atoms with Gasteiger partial charge in [0.1, 0.15) is 0 Å². The molecule has 0 aromatic heterocycles. The SMILES string of the molecule is CN(CCCCCO)C(=O)C1CCCN(C(=O)C2CC2)C1. The van der Waals surface area contributed by atoms with Crippen LogP contribution in [0.1, 0.15) is 44.9 Å². The monoisotopic (exact) mass is 296 g/mol. The number of piperidine rings is 1. The zero-order valence-electron chi connectivity index (χ0n) is 13.1.